The third-order valence-electron chi connectivity index (χ3n) is 5.01. The zero-order valence-corrected chi connectivity index (χ0v) is 20.3. The Morgan fingerprint density at radius 1 is 1.15 bits per heavy atom. The Bertz CT molecular complexity index is 1140. The van der Waals surface area contributed by atoms with Crippen molar-refractivity contribution in [3.8, 4) is 17.6 Å². The van der Waals surface area contributed by atoms with E-state index in [-0.39, 0.29) is 29.4 Å². The summed E-state index contributed by atoms with van der Waals surface area (Å²) in [5, 5.41) is 9.82. The van der Waals surface area contributed by atoms with Gasteiger partial charge in [-0.1, -0.05) is 46.3 Å². The van der Waals surface area contributed by atoms with E-state index in [0.717, 1.165) is 5.56 Å². The predicted octanol–water partition coefficient (Wildman–Crippen LogP) is 5.07. The highest BCUT2D eigenvalue weighted by Crippen LogP contribution is 2.45. The number of carbonyl (C=O) groups excluding carboxylic acids is 1. The molecule has 2 aromatic rings. The van der Waals surface area contributed by atoms with Gasteiger partial charge in [0.25, 0.3) is 0 Å². The summed E-state index contributed by atoms with van der Waals surface area (Å²) in [6, 6.07) is 15.4. The highest BCUT2D eigenvalue weighted by atomic mass is 79.9. The summed E-state index contributed by atoms with van der Waals surface area (Å²) in [6.45, 7) is 6.14. The first-order valence-electron chi connectivity index (χ1n) is 10.5. The molecule has 0 saturated carbocycles. The SMILES string of the molecule is CCOC(=O)C1=C(C)OC(N)=C(C#N)C1c1cc(OCC)c(OCc2ccccc2)cc1Br. The van der Waals surface area contributed by atoms with Gasteiger partial charge < -0.3 is 24.7 Å². The van der Waals surface area contributed by atoms with Crippen molar-refractivity contribution in [3.05, 3.63) is 80.9 Å². The lowest BCUT2D eigenvalue weighted by molar-refractivity contribution is -0.139. The average Bonchev–Trinajstić information content (AvgIpc) is 2.79. The minimum Gasteiger partial charge on any atom is -0.490 e. The van der Waals surface area contributed by atoms with Crippen molar-refractivity contribution in [3.63, 3.8) is 0 Å². The lowest BCUT2D eigenvalue weighted by atomic mass is 9.83. The monoisotopic (exact) mass is 512 g/mol. The molecule has 1 heterocycles. The Morgan fingerprint density at radius 3 is 2.48 bits per heavy atom. The second kappa shape index (κ2) is 10.9. The number of halogens is 1. The summed E-state index contributed by atoms with van der Waals surface area (Å²) in [5.74, 6) is -0.132. The van der Waals surface area contributed by atoms with Crippen LogP contribution in [0.4, 0.5) is 0 Å². The van der Waals surface area contributed by atoms with Crippen molar-refractivity contribution in [2.75, 3.05) is 13.2 Å². The van der Waals surface area contributed by atoms with E-state index in [0.29, 0.717) is 34.7 Å². The molecule has 0 saturated heterocycles. The van der Waals surface area contributed by atoms with Crippen LogP contribution in [-0.2, 0) is 20.9 Å². The molecule has 8 heteroatoms. The summed E-state index contributed by atoms with van der Waals surface area (Å²) >= 11 is 3.58. The van der Waals surface area contributed by atoms with Crippen molar-refractivity contribution in [1.29, 1.82) is 5.26 Å². The Morgan fingerprint density at radius 2 is 1.85 bits per heavy atom. The first-order chi connectivity index (χ1) is 15.9. The van der Waals surface area contributed by atoms with Gasteiger partial charge >= 0.3 is 5.97 Å². The fourth-order valence-corrected chi connectivity index (χ4v) is 4.11. The highest BCUT2D eigenvalue weighted by molar-refractivity contribution is 9.10. The van der Waals surface area contributed by atoms with Gasteiger partial charge in [-0.3, -0.25) is 0 Å². The third-order valence-corrected chi connectivity index (χ3v) is 5.70. The molecule has 2 aromatic carbocycles. The molecule has 1 atom stereocenters. The Kier molecular flexibility index (Phi) is 8.01. The number of ether oxygens (including phenoxy) is 4. The van der Waals surface area contributed by atoms with Crippen LogP contribution in [0.5, 0.6) is 11.5 Å². The Labute approximate surface area is 201 Å². The molecular weight excluding hydrogens is 488 g/mol. The molecule has 0 aliphatic carbocycles. The number of nitrogens with zero attached hydrogens (tertiary/aromatic N) is 1. The summed E-state index contributed by atoms with van der Waals surface area (Å²) < 4.78 is 23.2. The van der Waals surface area contributed by atoms with E-state index in [2.05, 4.69) is 22.0 Å². The topological polar surface area (TPSA) is 104 Å². The molecule has 0 aromatic heterocycles. The molecule has 1 aliphatic rings. The van der Waals surface area contributed by atoms with Gasteiger partial charge in [-0.2, -0.15) is 5.26 Å². The van der Waals surface area contributed by atoms with Crippen LogP contribution in [0.15, 0.2) is 69.7 Å². The van der Waals surface area contributed by atoms with E-state index in [1.807, 2.05) is 37.3 Å². The lowest BCUT2D eigenvalue weighted by Gasteiger charge is -2.28. The van der Waals surface area contributed by atoms with Crippen molar-refractivity contribution in [1.82, 2.24) is 0 Å². The maximum absolute atomic E-state index is 12.8. The fourth-order valence-electron chi connectivity index (χ4n) is 3.55. The molecule has 0 amide bonds. The van der Waals surface area contributed by atoms with Gasteiger partial charge in [0.05, 0.1) is 24.7 Å². The molecule has 0 spiro atoms. The van der Waals surface area contributed by atoms with Gasteiger partial charge in [-0.25, -0.2) is 4.79 Å². The largest absolute Gasteiger partial charge is 0.490 e. The van der Waals surface area contributed by atoms with Crippen LogP contribution in [0, 0.1) is 11.3 Å². The maximum atomic E-state index is 12.8. The predicted molar refractivity (Wildman–Crippen MR) is 126 cm³/mol. The minimum atomic E-state index is -0.792. The van der Waals surface area contributed by atoms with Gasteiger partial charge in [0, 0.05) is 4.47 Å². The van der Waals surface area contributed by atoms with E-state index < -0.39 is 11.9 Å². The number of esters is 1. The number of rotatable bonds is 8. The third kappa shape index (κ3) is 5.32. The fraction of sp³-hybridized carbons (Fsp3) is 0.280. The van der Waals surface area contributed by atoms with Crippen molar-refractivity contribution < 1.29 is 23.7 Å². The number of allylic oxidation sites excluding steroid dienone is 2. The Balaban J connectivity index is 2.08. The number of hydrogen-bond acceptors (Lipinski definition) is 7. The van der Waals surface area contributed by atoms with Gasteiger partial charge in [0.2, 0.25) is 5.88 Å². The second-order valence-corrected chi connectivity index (χ2v) is 8.00. The first kappa shape index (κ1) is 24.2. The van der Waals surface area contributed by atoms with E-state index in [9.17, 15) is 10.1 Å². The molecule has 172 valence electrons. The van der Waals surface area contributed by atoms with E-state index in [1.54, 1.807) is 26.0 Å². The smallest absolute Gasteiger partial charge is 0.338 e. The van der Waals surface area contributed by atoms with Crippen LogP contribution in [0.25, 0.3) is 0 Å². The summed E-state index contributed by atoms with van der Waals surface area (Å²) in [7, 11) is 0. The van der Waals surface area contributed by atoms with Crippen molar-refractivity contribution in [2.45, 2.75) is 33.3 Å². The second-order valence-electron chi connectivity index (χ2n) is 7.14. The van der Waals surface area contributed by atoms with Gasteiger partial charge in [0.15, 0.2) is 11.5 Å². The number of carbonyl (C=O) groups is 1. The lowest BCUT2D eigenvalue weighted by Crippen LogP contribution is -2.25. The van der Waals surface area contributed by atoms with Crippen molar-refractivity contribution >= 4 is 21.9 Å². The molecule has 2 N–H and O–H groups in total. The van der Waals surface area contributed by atoms with Gasteiger partial charge in [0.1, 0.15) is 24.0 Å². The van der Waals surface area contributed by atoms with Crippen molar-refractivity contribution in [2.24, 2.45) is 5.73 Å². The van der Waals surface area contributed by atoms with Crippen LogP contribution < -0.4 is 15.2 Å². The van der Waals surface area contributed by atoms with Crippen LogP contribution in [0.2, 0.25) is 0 Å². The Hall–Kier alpha value is -3.44. The number of hydrogen-bond donors (Lipinski definition) is 1. The molecule has 3 rings (SSSR count). The molecule has 1 aliphatic heterocycles. The standard InChI is InChI=1S/C25H25BrN2O5/c1-4-30-20-11-17(19(26)12-21(20)32-14-16-9-7-6-8-10-16)23-18(13-27)24(28)33-15(3)22(23)25(29)31-5-2/h6-12,23H,4-5,14,28H2,1-3H3. The summed E-state index contributed by atoms with van der Waals surface area (Å²) in [6.07, 6.45) is 0. The van der Waals surface area contributed by atoms with Crippen LogP contribution >= 0.6 is 15.9 Å². The van der Waals surface area contributed by atoms with Gasteiger partial charge in [-0.05, 0) is 44.0 Å². The van der Waals surface area contributed by atoms with Crippen LogP contribution in [-0.4, -0.2) is 19.2 Å². The summed E-state index contributed by atoms with van der Waals surface area (Å²) in [4.78, 5) is 12.8. The van der Waals surface area contributed by atoms with E-state index >= 15 is 0 Å². The molecule has 0 bridgehead atoms. The average molecular weight is 513 g/mol. The minimum absolute atomic E-state index is 0.0534. The summed E-state index contributed by atoms with van der Waals surface area (Å²) in [5.41, 5.74) is 7.95. The van der Waals surface area contributed by atoms with Crippen LogP contribution in [0.3, 0.4) is 0 Å². The molecule has 0 fully saturated rings. The zero-order chi connectivity index (χ0) is 24.0. The molecule has 7 nitrogen and oxygen atoms in total. The van der Waals surface area contributed by atoms with Gasteiger partial charge in [-0.15, -0.1) is 0 Å². The van der Waals surface area contributed by atoms with Crippen LogP contribution in [0.1, 0.15) is 37.8 Å². The maximum Gasteiger partial charge on any atom is 0.338 e. The highest BCUT2D eigenvalue weighted by Gasteiger charge is 2.38. The normalized spacial score (nSPS) is 15.5. The first-order valence-corrected chi connectivity index (χ1v) is 11.3. The number of benzene rings is 2. The molecule has 0 radical (unpaired) electrons. The zero-order valence-electron chi connectivity index (χ0n) is 18.7. The quantitative estimate of drug-likeness (QED) is 0.492. The molecular formula is C25H25BrN2O5. The van der Waals surface area contributed by atoms with E-state index in [1.165, 1.54) is 0 Å². The number of nitrogens with two attached hydrogens (primary N) is 1. The van der Waals surface area contributed by atoms with E-state index in [4.69, 9.17) is 24.7 Å². The molecule has 1 unspecified atom stereocenters. The molecule has 33 heavy (non-hydrogen) atoms. The number of nitriles is 1.